The molecule has 0 heterocycles. The maximum absolute atomic E-state index is 12.0. The molecule has 1 amide bonds. The maximum Gasteiger partial charge on any atom is 0.308 e. The fourth-order valence-corrected chi connectivity index (χ4v) is 2.09. The average Bonchev–Trinajstić information content (AvgIpc) is 2.42. The first-order valence-electron chi connectivity index (χ1n) is 6.32. The summed E-state index contributed by atoms with van der Waals surface area (Å²) in [7, 11) is 0. The van der Waals surface area contributed by atoms with E-state index in [9.17, 15) is 19.7 Å². The second-order valence-corrected chi connectivity index (χ2v) is 4.81. The second-order valence-electron chi connectivity index (χ2n) is 4.43. The summed E-state index contributed by atoms with van der Waals surface area (Å²) in [5, 5.41) is 21.9. The average molecular weight is 315 g/mol. The number of hydrogen-bond donors (Lipinski definition) is 2. The highest BCUT2D eigenvalue weighted by Crippen LogP contribution is 2.27. The highest BCUT2D eigenvalue weighted by molar-refractivity contribution is 6.35. The van der Waals surface area contributed by atoms with Crippen LogP contribution in [0.2, 0.25) is 5.02 Å². The number of aliphatic carboxylic acids is 1. The summed E-state index contributed by atoms with van der Waals surface area (Å²) in [6.45, 7) is 1.79. The van der Waals surface area contributed by atoms with Crippen LogP contribution in [0, 0.1) is 16.0 Å². The van der Waals surface area contributed by atoms with Gasteiger partial charge < -0.3 is 10.4 Å². The molecule has 7 nitrogen and oxygen atoms in total. The van der Waals surface area contributed by atoms with Gasteiger partial charge in [0, 0.05) is 12.6 Å². The fraction of sp³-hybridized carbons (Fsp3) is 0.385. The molecule has 0 aliphatic rings. The van der Waals surface area contributed by atoms with Crippen LogP contribution in [0.4, 0.5) is 5.69 Å². The van der Waals surface area contributed by atoms with Crippen molar-refractivity contribution in [3.8, 4) is 0 Å². The van der Waals surface area contributed by atoms with Gasteiger partial charge in [-0.3, -0.25) is 19.7 Å². The molecular weight excluding hydrogens is 300 g/mol. The minimum atomic E-state index is -0.998. The molecule has 0 aliphatic carbocycles. The van der Waals surface area contributed by atoms with Gasteiger partial charge in [0.15, 0.2) is 0 Å². The van der Waals surface area contributed by atoms with Crippen molar-refractivity contribution < 1.29 is 19.6 Å². The van der Waals surface area contributed by atoms with Gasteiger partial charge in [0.1, 0.15) is 5.02 Å². The summed E-state index contributed by atoms with van der Waals surface area (Å²) in [4.78, 5) is 33.0. The smallest absolute Gasteiger partial charge is 0.308 e. The number of benzene rings is 1. The number of nitrogens with one attached hydrogen (secondary N) is 1. The van der Waals surface area contributed by atoms with Crippen molar-refractivity contribution in [2.45, 2.75) is 19.8 Å². The van der Waals surface area contributed by atoms with E-state index in [4.69, 9.17) is 16.7 Å². The highest BCUT2D eigenvalue weighted by atomic mass is 35.5. The number of nitrogens with zero attached hydrogens (tertiary/aromatic N) is 1. The fourth-order valence-electron chi connectivity index (χ4n) is 1.81. The van der Waals surface area contributed by atoms with Crippen LogP contribution in [-0.2, 0) is 4.79 Å². The van der Waals surface area contributed by atoms with Gasteiger partial charge in [0.2, 0.25) is 0 Å². The summed E-state index contributed by atoms with van der Waals surface area (Å²) < 4.78 is 0. The topological polar surface area (TPSA) is 110 Å². The van der Waals surface area contributed by atoms with E-state index in [0.29, 0.717) is 12.8 Å². The molecule has 2 N–H and O–H groups in total. The summed E-state index contributed by atoms with van der Waals surface area (Å²) >= 11 is 5.82. The van der Waals surface area contributed by atoms with E-state index in [2.05, 4.69) is 5.32 Å². The first-order valence-corrected chi connectivity index (χ1v) is 6.70. The number of nitro groups is 1. The van der Waals surface area contributed by atoms with E-state index in [1.165, 1.54) is 18.2 Å². The molecule has 0 aliphatic heterocycles. The van der Waals surface area contributed by atoms with Gasteiger partial charge in [-0.25, -0.2) is 0 Å². The van der Waals surface area contributed by atoms with Gasteiger partial charge >= 0.3 is 5.97 Å². The SMILES string of the molecule is CCCC(CNC(=O)c1cccc([N+](=O)[O-])c1Cl)C(=O)O. The minimum Gasteiger partial charge on any atom is -0.481 e. The third-order valence-corrected chi connectivity index (χ3v) is 3.31. The first kappa shape index (κ1) is 16.9. The van der Waals surface area contributed by atoms with Crippen molar-refractivity contribution in [3.05, 3.63) is 38.9 Å². The van der Waals surface area contributed by atoms with Crippen molar-refractivity contribution in [3.63, 3.8) is 0 Å². The zero-order chi connectivity index (χ0) is 16.0. The molecule has 0 radical (unpaired) electrons. The van der Waals surface area contributed by atoms with Crippen molar-refractivity contribution in [2.75, 3.05) is 6.54 Å². The number of halogens is 1. The number of amides is 1. The minimum absolute atomic E-state index is 0.0495. The Kier molecular flexibility index (Phi) is 6.10. The van der Waals surface area contributed by atoms with Gasteiger partial charge in [0.25, 0.3) is 11.6 Å². The van der Waals surface area contributed by atoms with Crippen LogP contribution in [0.5, 0.6) is 0 Å². The second kappa shape index (κ2) is 7.58. The lowest BCUT2D eigenvalue weighted by Gasteiger charge is -2.12. The predicted molar refractivity (Wildman–Crippen MR) is 76.5 cm³/mol. The summed E-state index contributed by atoms with van der Waals surface area (Å²) in [6, 6.07) is 3.89. The maximum atomic E-state index is 12.0. The molecule has 1 atom stereocenters. The van der Waals surface area contributed by atoms with Crippen LogP contribution in [0.1, 0.15) is 30.1 Å². The number of carboxylic acid groups (broad SMARTS) is 1. The largest absolute Gasteiger partial charge is 0.481 e. The molecular formula is C13H15ClN2O5. The molecule has 1 aromatic carbocycles. The Hall–Kier alpha value is -2.15. The zero-order valence-corrected chi connectivity index (χ0v) is 12.1. The van der Waals surface area contributed by atoms with Crippen LogP contribution in [-0.4, -0.2) is 28.5 Å². The van der Waals surface area contributed by atoms with Gasteiger partial charge in [0.05, 0.1) is 16.4 Å². The van der Waals surface area contributed by atoms with E-state index in [0.717, 1.165) is 0 Å². The zero-order valence-electron chi connectivity index (χ0n) is 11.3. The van der Waals surface area contributed by atoms with E-state index < -0.39 is 22.7 Å². The summed E-state index contributed by atoms with van der Waals surface area (Å²) in [5.41, 5.74) is -0.417. The molecule has 8 heteroatoms. The Morgan fingerprint density at radius 2 is 2.14 bits per heavy atom. The Morgan fingerprint density at radius 3 is 2.67 bits per heavy atom. The van der Waals surface area contributed by atoms with Crippen LogP contribution in [0.3, 0.4) is 0 Å². The van der Waals surface area contributed by atoms with E-state index in [1.54, 1.807) is 0 Å². The van der Waals surface area contributed by atoms with Crippen LogP contribution in [0.15, 0.2) is 18.2 Å². The number of carbonyl (C=O) groups excluding carboxylic acids is 1. The number of hydrogen-bond acceptors (Lipinski definition) is 4. The van der Waals surface area contributed by atoms with Gasteiger partial charge in [-0.15, -0.1) is 0 Å². The van der Waals surface area contributed by atoms with Gasteiger partial charge in [-0.1, -0.05) is 31.0 Å². The van der Waals surface area contributed by atoms with E-state index >= 15 is 0 Å². The highest BCUT2D eigenvalue weighted by Gasteiger charge is 2.22. The number of carboxylic acids is 1. The Labute approximate surface area is 126 Å². The molecule has 21 heavy (non-hydrogen) atoms. The molecule has 0 saturated carbocycles. The molecule has 0 spiro atoms. The Morgan fingerprint density at radius 1 is 1.48 bits per heavy atom. The molecule has 1 rings (SSSR count). The molecule has 1 unspecified atom stereocenters. The van der Waals surface area contributed by atoms with E-state index in [-0.39, 0.29) is 22.8 Å². The van der Waals surface area contributed by atoms with Gasteiger partial charge in [-0.05, 0) is 12.5 Å². The lowest BCUT2D eigenvalue weighted by Crippen LogP contribution is -2.33. The predicted octanol–water partition coefficient (Wildman–Crippen LogP) is 2.48. The van der Waals surface area contributed by atoms with Crippen molar-refractivity contribution in [1.82, 2.24) is 5.32 Å². The van der Waals surface area contributed by atoms with Crippen LogP contribution in [0.25, 0.3) is 0 Å². The van der Waals surface area contributed by atoms with Gasteiger partial charge in [-0.2, -0.15) is 0 Å². The quantitative estimate of drug-likeness (QED) is 0.593. The van der Waals surface area contributed by atoms with Crippen molar-refractivity contribution >= 4 is 29.2 Å². The number of carbonyl (C=O) groups is 2. The summed E-state index contributed by atoms with van der Waals surface area (Å²) in [6.07, 6.45) is 1.10. The van der Waals surface area contributed by atoms with E-state index in [1.807, 2.05) is 6.92 Å². The molecule has 114 valence electrons. The normalized spacial score (nSPS) is 11.7. The molecule has 0 saturated heterocycles. The Balaban J connectivity index is 2.83. The van der Waals surface area contributed by atoms with Crippen molar-refractivity contribution in [2.24, 2.45) is 5.92 Å². The molecule has 0 bridgehead atoms. The summed E-state index contributed by atoms with van der Waals surface area (Å²) in [5.74, 6) is -2.33. The Bertz CT molecular complexity index is 561. The third-order valence-electron chi connectivity index (χ3n) is 2.92. The monoisotopic (exact) mass is 314 g/mol. The first-order chi connectivity index (χ1) is 9.88. The number of rotatable bonds is 7. The standard InChI is InChI=1S/C13H15ClN2O5/c1-2-4-8(13(18)19)7-15-12(17)9-5-3-6-10(11(9)14)16(20)21/h3,5-6,8H,2,4,7H2,1H3,(H,15,17)(H,18,19). The third kappa shape index (κ3) is 4.42. The van der Waals surface area contributed by atoms with Crippen LogP contribution < -0.4 is 5.32 Å². The van der Waals surface area contributed by atoms with Crippen molar-refractivity contribution in [1.29, 1.82) is 0 Å². The number of nitro benzene ring substituents is 1. The lowest BCUT2D eigenvalue weighted by atomic mass is 10.0. The lowest BCUT2D eigenvalue weighted by molar-refractivity contribution is -0.384. The molecule has 1 aromatic rings. The van der Waals surface area contributed by atoms with Crippen LogP contribution >= 0.6 is 11.6 Å². The molecule has 0 fully saturated rings. The molecule has 0 aromatic heterocycles.